The summed E-state index contributed by atoms with van der Waals surface area (Å²) in [5.41, 5.74) is 0.931. The zero-order chi connectivity index (χ0) is 26.7. The zero-order valence-electron chi connectivity index (χ0n) is 20.3. The Bertz CT molecular complexity index is 1160. The first-order chi connectivity index (χ1) is 17.8. The van der Waals surface area contributed by atoms with Crippen molar-refractivity contribution in [3.8, 4) is 0 Å². The maximum absolute atomic E-state index is 13.3. The first kappa shape index (κ1) is 27.5. The van der Waals surface area contributed by atoms with Crippen molar-refractivity contribution < 1.29 is 27.5 Å². The molecule has 1 heterocycles. The first-order valence-corrected chi connectivity index (χ1v) is 11.8. The van der Waals surface area contributed by atoms with E-state index in [4.69, 9.17) is 4.74 Å². The van der Waals surface area contributed by atoms with E-state index in [-0.39, 0.29) is 43.5 Å². The number of aromatic nitrogens is 1. The molecule has 0 aliphatic heterocycles. The third-order valence-electron chi connectivity index (χ3n) is 5.57. The fourth-order valence-electron chi connectivity index (χ4n) is 3.64. The van der Waals surface area contributed by atoms with Crippen LogP contribution in [0.15, 0.2) is 72.9 Å². The molecule has 0 aliphatic rings. The molecule has 37 heavy (non-hydrogen) atoms. The number of benzene rings is 2. The van der Waals surface area contributed by atoms with Gasteiger partial charge in [0.1, 0.15) is 12.4 Å². The van der Waals surface area contributed by atoms with Crippen molar-refractivity contribution in [2.75, 3.05) is 18.4 Å². The fraction of sp³-hybridized carbons (Fsp3) is 0.296. The molecule has 0 saturated carbocycles. The Morgan fingerprint density at radius 3 is 2.30 bits per heavy atom. The van der Waals surface area contributed by atoms with Gasteiger partial charge in [-0.2, -0.15) is 13.2 Å². The lowest BCUT2D eigenvalue weighted by molar-refractivity contribution is -0.137. The van der Waals surface area contributed by atoms with Gasteiger partial charge in [-0.15, -0.1) is 0 Å². The molecule has 3 rings (SSSR count). The van der Waals surface area contributed by atoms with Crippen LogP contribution >= 0.6 is 0 Å². The van der Waals surface area contributed by atoms with Gasteiger partial charge < -0.3 is 20.7 Å². The highest BCUT2D eigenvalue weighted by Crippen LogP contribution is 2.31. The number of alkyl halides is 3. The molecule has 7 nitrogen and oxygen atoms in total. The zero-order valence-corrected chi connectivity index (χ0v) is 20.3. The lowest BCUT2D eigenvalue weighted by atomic mass is 9.95. The summed E-state index contributed by atoms with van der Waals surface area (Å²) in [6, 6.07) is 19.3. The lowest BCUT2D eigenvalue weighted by Gasteiger charge is -2.18. The minimum Gasteiger partial charge on any atom is -0.445 e. The van der Waals surface area contributed by atoms with Crippen LogP contribution in [0.4, 0.5) is 23.8 Å². The Morgan fingerprint density at radius 2 is 1.65 bits per heavy atom. The van der Waals surface area contributed by atoms with E-state index in [0.717, 1.165) is 23.4 Å². The van der Waals surface area contributed by atoms with Gasteiger partial charge >= 0.3 is 12.3 Å². The molecule has 2 aromatic carbocycles. The van der Waals surface area contributed by atoms with Crippen LogP contribution in [0.25, 0.3) is 0 Å². The molecule has 3 N–H and O–H groups in total. The summed E-state index contributed by atoms with van der Waals surface area (Å²) < 4.78 is 45.0. The largest absolute Gasteiger partial charge is 0.445 e. The van der Waals surface area contributed by atoms with Crippen LogP contribution in [0, 0.1) is 0 Å². The molecule has 3 aromatic rings. The van der Waals surface area contributed by atoms with Gasteiger partial charge in [0.2, 0.25) is 5.91 Å². The topological polar surface area (TPSA) is 92.4 Å². The second-order valence-corrected chi connectivity index (χ2v) is 8.23. The number of pyridine rings is 1. The Morgan fingerprint density at radius 1 is 0.973 bits per heavy atom. The molecule has 0 spiro atoms. The minimum atomic E-state index is -4.58. The summed E-state index contributed by atoms with van der Waals surface area (Å²) >= 11 is 0. The molecule has 0 radical (unpaired) electrons. The minimum absolute atomic E-state index is 0.117. The van der Waals surface area contributed by atoms with Gasteiger partial charge in [0.25, 0.3) is 0 Å². The van der Waals surface area contributed by atoms with Crippen LogP contribution in [0.2, 0.25) is 0 Å². The van der Waals surface area contributed by atoms with E-state index in [1.807, 2.05) is 67.6 Å². The highest BCUT2D eigenvalue weighted by atomic mass is 19.4. The lowest BCUT2D eigenvalue weighted by Crippen LogP contribution is -2.31. The number of nitrogens with one attached hydrogen (secondary N) is 3. The van der Waals surface area contributed by atoms with Crippen LogP contribution in [0.3, 0.4) is 0 Å². The number of anilines is 1. The molecular formula is C27H29F3N4O3. The maximum atomic E-state index is 13.3. The number of carbonyl (C=O) groups excluding carboxylic acids is 2. The molecule has 0 fully saturated rings. The van der Waals surface area contributed by atoms with Crippen LogP contribution < -0.4 is 16.0 Å². The van der Waals surface area contributed by atoms with Crippen LogP contribution in [-0.2, 0) is 28.9 Å². The average Bonchev–Trinajstić information content (AvgIpc) is 2.90. The summed E-state index contributed by atoms with van der Waals surface area (Å²) in [5, 5.41) is 8.22. The van der Waals surface area contributed by atoms with E-state index >= 15 is 0 Å². The Labute approximate surface area is 213 Å². The molecule has 0 unspecified atom stereocenters. The van der Waals surface area contributed by atoms with Crippen molar-refractivity contribution in [1.82, 2.24) is 15.6 Å². The van der Waals surface area contributed by atoms with Crippen LogP contribution in [0.1, 0.15) is 41.5 Å². The summed E-state index contributed by atoms with van der Waals surface area (Å²) in [5.74, 6) is -0.539. The Kier molecular flexibility index (Phi) is 9.88. The van der Waals surface area contributed by atoms with Crippen molar-refractivity contribution in [1.29, 1.82) is 0 Å². The van der Waals surface area contributed by atoms with Crippen LogP contribution in [-0.4, -0.2) is 30.1 Å². The number of alkyl carbamates (subject to hydrolysis) is 1. The molecular weight excluding hydrogens is 485 g/mol. The number of carbonyl (C=O) groups is 2. The number of hydrogen-bond acceptors (Lipinski definition) is 5. The third-order valence-corrected chi connectivity index (χ3v) is 5.57. The number of rotatable bonds is 11. The second kappa shape index (κ2) is 13.3. The van der Waals surface area contributed by atoms with Gasteiger partial charge in [-0.1, -0.05) is 67.6 Å². The average molecular weight is 515 g/mol. The van der Waals surface area contributed by atoms with Crippen molar-refractivity contribution in [3.05, 3.63) is 95.2 Å². The molecule has 0 aliphatic carbocycles. The molecule has 10 heteroatoms. The number of halogens is 3. The third kappa shape index (κ3) is 8.52. The highest BCUT2D eigenvalue weighted by Gasteiger charge is 2.32. The van der Waals surface area contributed by atoms with Gasteiger partial charge in [-0.3, -0.25) is 4.79 Å². The highest BCUT2D eigenvalue weighted by molar-refractivity contribution is 5.83. The maximum Gasteiger partial charge on any atom is 0.417 e. The van der Waals surface area contributed by atoms with E-state index in [0.29, 0.717) is 6.42 Å². The van der Waals surface area contributed by atoms with E-state index in [1.165, 1.54) is 0 Å². The van der Waals surface area contributed by atoms with Gasteiger partial charge in [-0.25, -0.2) is 9.78 Å². The van der Waals surface area contributed by atoms with Gasteiger partial charge in [0, 0.05) is 31.4 Å². The monoisotopic (exact) mass is 514 g/mol. The van der Waals surface area contributed by atoms with Crippen molar-refractivity contribution >= 4 is 17.8 Å². The standard InChI is InChI=1S/C27H29F3N4O3/c1-2-23(20-11-7-4-8-12-20)25(35)34-16-21-15-22(27(28,29)30)17-33-24(21)31-13-14-32-26(36)37-18-19-9-5-3-6-10-19/h3-12,15,17,23H,2,13-14,16,18H2,1H3,(H,31,33)(H,32,36)(H,34,35)/t23-/m0/s1. The number of nitrogens with zero attached hydrogens (tertiary/aromatic N) is 1. The summed E-state index contributed by atoms with van der Waals surface area (Å²) in [6.45, 7) is 2.17. The summed E-state index contributed by atoms with van der Waals surface area (Å²) in [6.07, 6.45) is -3.93. The first-order valence-electron chi connectivity index (χ1n) is 11.8. The molecule has 196 valence electrons. The van der Waals surface area contributed by atoms with Crippen molar-refractivity contribution in [3.63, 3.8) is 0 Å². The number of amides is 2. The van der Waals surface area contributed by atoms with E-state index < -0.39 is 23.8 Å². The van der Waals surface area contributed by atoms with E-state index in [2.05, 4.69) is 20.9 Å². The van der Waals surface area contributed by atoms with Crippen LogP contribution in [0.5, 0.6) is 0 Å². The second-order valence-electron chi connectivity index (χ2n) is 8.23. The number of hydrogen-bond donors (Lipinski definition) is 3. The van der Waals surface area contributed by atoms with Crippen molar-refractivity contribution in [2.24, 2.45) is 0 Å². The Hall–Kier alpha value is -4.08. The Balaban J connectivity index is 1.58. The van der Waals surface area contributed by atoms with Gasteiger partial charge in [0.15, 0.2) is 0 Å². The quantitative estimate of drug-likeness (QED) is 0.304. The van der Waals surface area contributed by atoms with Gasteiger partial charge in [-0.05, 0) is 23.6 Å². The molecule has 2 amide bonds. The van der Waals surface area contributed by atoms with E-state index in [1.54, 1.807) is 0 Å². The molecule has 1 aromatic heterocycles. The normalized spacial score (nSPS) is 11.9. The number of ether oxygens (including phenoxy) is 1. The van der Waals surface area contributed by atoms with Gasteiger partial charge in [0.05, 0.1) is 11.5 Å². The molecule has 1 atom stereocenters. The predicted octanol–water partition coefficient (Wildman–Crippen LogP) is 5.25. The smallest absolute Gasteiger partial charge is 0.417 e. The van der Waals surface area contributed by atoms with Crippen molar-refractivity contribution in [2.45, 2.75) is 38.6 Å². The summed E-state index contributed by atoms with van der Waals surface area (Å²) in [4.78, 5) is 28.6. The summed E-state index contributed by atoms with van der Waals surface area (Å²) in [7, 11) is 0. The van der Waals surface area contributed by atoms with E-state index in [9.17, 15) is 22.8 Å². The molecule has 0 saturated heterocycles. The molecule has 0 bridgehead atoms. The SMILES string of the molecule is CC[C@H](C(=O)NCc1cc(C(F)(F)F)cnc1NCCNC(=O)OCc1ccccc1)c1ccccc1. The fourth-order valence-corrected chi connectivity index (χ4v) is 3.64. The predicted molar refractivity (Wildman–Crippen MR) is 134 cm³/mol.